The molecule has 0 unspecified atom stereocenters. The molecule has 2 nitrogen and oxygen atoms in total. The van der Waals surface area contributed by atoms with Crippen molar-refractivity contribution in [3.05, 3.63) is 29.3 Å². The lowest BCUT2D eigenvalue weighted by Crippen LogP contribution is -2.24. The highest BCUT2D eigenvalue weighted by Crippen LogP contribution is 2.21. The van der Waals surface area contributed by atoms with Gasteiger partial charge in [0.1, 0.15) is 5.60 Å². The number of benzene rings is 1. The van der Waals surface area contributed by atoms with Crippen molar-refractivity contribution >= 4 is 18.6 Å². The lowest BCUT2D eigenvalue weighted by Gasteiger charge is -2.20. The number of esters is 1. The van der Waals surface area contributed by atoms with Gasteiger partial charge in [-0.2, -0.15) is 0 Å². The van der Waals surface area contributed by atoms with Crippen molar-refractivity contribution in [2.75, 3.05) is 0 Å². The number of aryl methyl sites for hydroxylation is 1. The summed E-state index contributed by atoms with van der Waals surface area (Å²) in [5.74, 6) is -0.314. The van der Waals surface area contributed by atoms with Gasteiger partial charge in [-0.05, 0) is 39.3 Å². The van der Waals surface area contributed by atoms with E-state index < -0.39 is 5.60 Å². The Morgan fingerprint density at radius 3 is 2.40 bits per heavy atom. The maximum atomic E-state index is 11.8. The van der Waals surface area contributed by atoms with Gasteiger partial charge in [0.05, 0.1) is 5.56 Å². The van der Waals surface area contributed by atoms with Crippen LogP contribution in [0.5, 0.6) is 0 Å². The molecule has 0 fully saturated rings. The van der Waals surface area contributed by atoms with Gasteiger partial charge >= 0.3 is 5.97 Å². The Bertz CT molecular complexity index is 357. The molecule has 0 aliphatic carbocycles. The van der Waals surface area contributed by atoms with Crippen molar-refractivity contribution in [2.45, 2.75) is 38.2 Å². The fraction of sp³-hybridized carbons (Fsp3) is 0.417. The summed E-state index contributed by atoms with van der Waals surface area (Å²) >= 11 is 4.26. The monoisotopic (exact) mass is 224 g/mol. The number of hydrogen-bond acceptors (Lipinski definition) is 3. The van der Waals surface area contributed by atoms with Crippen LogP contribution in [0, 0.1) is 6.92 Å². The summed E-state index contributed by atoms with van der Waals surface area (Å²) in [7, 11) is 0. The first kappa shape index (κ1) is 12.1. The number of rotatable bonds is 1. The summed E-state index contributed by atoms with van der Waals surface area (Å²) in [5, 5.41) is 0. The third-order valence-corrected chi connectivity index (χ3v) is 2.23. The van der Waals surface area contributed by atoms with Crippen molar-refractivity contribution in [1.29, 1.82) is 0 Å². The second-order valence-corrected chi connectivity index (χ2v) is 4.95. The lowest BCUT2D eigenvalue weighted by molar-refractivity contribution is 0.00649. The third-order valence-electron chi connectivity index (χ3n) is 1.85. The average molecular weight is 224 g/mol. The van der Waals surface area contributed by atoms with Gasteiger partial charge in [-0.15, -0.1) is 12.6 Å². The highest BCUT2D eigenvalue weighted by Gasteiger charge is 2.20. The molecule has 1 aromatic carbocycles. The van der Waals surface area contributed by atoms with E-state index in [0.717, 1.165) is 5.56 Å². The van der Waals surface area contributed by atoms with E-state index in [1.54, 1.807) is 6.07 Å². The molecule has 0 N–H and O–H groups in total. The average Bonchev–Trinajstić information content (AvgIpc) is 1.99. The molecule has 0 atom stereocenters. The second-order valence-electron chi connectivity index (χ2n) is 4.47. The molecule has 0 saturated carbocycles. The molecule has 0 heterocycles. The van der Waals surface area contributed by atoms with Gasteiger partial charge in [-0.3, -0.25) is 0 Å². The van der Waals surface area contributed by atoms with Crippen LogP contribution in [0.3, 0.4) is 0 Å². The number of thiol groups is 1. The molecule has 3 heteroatoms. The molecule has 82 valence electrons. The summed E-state index contributed by atoms with van der Waals surface area (Å²) in [5.41, 5.74) is 0.965. The SMILES string of the molecule is Cc1cccc(S)c1C(=O)OC(C)(C)C. The van der Waals surface area contributed by atoms with E-state index in [4.69, 9.17) is 4.74 Å². The van der Waals surface area contributed by atoms with Crippen LogP contribution in [0.2, 0.25) is 0 Å². The smallest absolute Gasteiger partial charge is 0.340 e. The van der Waals surface area contributed by atoms with Gasteiger partial charge in [-0.1, -0.05) is 12.1 Å². The Kier molecular flexibility index (Phi) is 3.45. The van der Waals surface area contributed by atoms with Crippen LogP contribution < -0.4 is 0 Å². The second kappa shape index (κ2) is 4.27. The fourth-order valence-corrected chi connectivity index (χ4v) is 1.60. The predicted octanol–water partition coefficient (Wildman–Crippen LogP) is 3.24. The van der Waals surface area contributed by atoms with Gasteiger partial charge in [0.2, 0.25) is 0 Å². The summed E-state index contributed by atoms with van der Waals surface area (Å²) in [4.78, 5) is 12.5. The Labute approximate surface area is 96.1 Å². The Balaban J connectivity index is 3.02. The van der Waals surface area contributed by atoms with Crippen LogP contribution in [0.1, 0.15) is 36.7 Å². The minimum absolute atomic E-state index is 0.314. The molecule has 0 bridgehead atoms. The van der Waals surface area contributed by atoms with Crippen molar-refractivity contribution in [3.8, 4) is 0 Å². The highest BCUT2D eigenvalue weighted by atomic mass is 32.1. The molecule has 0 radical (unpaired) electrons. The fourth-order valence-electron chi connectivity index (χ4n) is 1.25. The minimum Gasteiger partial charge on any atom is -0.456 e. The summed E-state index contributed by atoms with van der Waals surface area (Å²) in [6.07, 6.45) is 0. The van der Waals surface area contributed by atoms with Crippen molar-refractivity contribution in [3.63, 3.8) is 0 Å². The summed E-state index contributed by atoms with van der Waals surface area (Å²) < 4.78 is 5.30. The minimum atomic E-state index is -0.473. The zero-order valence-electron chi connectivity index (χ0n) is 9.50. The molecule has 0 aromatic heterocycles. The molecule has 0 spiro atoms. The third kappa shape index (κ3) is 3.27. The van der Waals surface area contributed by atoms with Gasteiger partial charge < -0.3 is 4.74 Å². The summed E-state index contributed by atoms with van der Waals surface area (Å²) in [6, 6.07) is 5.53. The van der Waals surface area contributed by atoms with Crippen LogP contribution in [0.25, 0.3) is 0 Å². The number of ether oxygens (including phenoxy) is 1. The number of carbonyl (C=O) groups is 1. The largest absolute Gasteiger partial charge is 0.456 e. The van der Waals surface area contributed by atoms with Gasteiger partial charge in [-0.25, -0.2) is 4.79 Å². The predicted molar refractivity (Wildman–Crippen MR) is 63.6 cm³/mol. The Morgan fingerprint density at radius 2 is 1.93 bits per heavy atom. The lowest BCUT2D eigenvalue weighted by atomic mass is 10.1. The van der Waals surface area contributed by atoms with E-state index in [0.29, 0.717) is 10.5 Å². The molecule has 0 aliphatic rings. The maximum Gasteiger partial charge on any atom is 0.340 e. The first-order chi connectivity index (χ1) is 6.81. The van der Waals surface area contributed by atoms with Crippen molar-refractivity contribution in [1.82, 2.24) is 0 Å². The zero-order chi connectivity index (χ0) is 11.6. The molecule has 15 heavy (non-hydrogen) atoms. The van der Waals surface area contributed by atoms with Crippen LogP contribution in [0.4, 0.5) is 0 Å². The quantitative estimate of drug-likeness (QED) is 0.585. The maximum absolute atomic E-state index is 11.8. The number of hydrogen-bond donors (Lipinski definition) is 1. The van der Waals surface area contributed by atoms with Crippen molar-refractivity contribution in [2.24, 2.45) is 0 Å². The zero-order valence-corrected chi connectivity index (χ0v) is 10.4. The first-order valence-electron chi connectivity index (χ1n) is 4.83. The molecular formula is C12H16O2S. The van der Waals surface area contributed by atoms with Gasteiger partial charge in [0, 0.05) is 4.90 Å². The Morgan fingerprint density at radius 1 is 1.33 bits per heavy atom. The van der Waals surface area contributed by atoms with E-state index in [1.807, 2.05) is 39.8 Å². The Hall–Kier alpha value is -0.960. The van der Waals surface area contributed by atoms with E-state index in [-0.39, 0.29) is 5.97 Å². The van der Waals surface area contributed by atoms with E-state index in [2.05, 4.69) is 12.6 Å². The highest BCUT2D eigenvalue weighted by molar-refractivity contribution is 7.80. The van der Waals surface area contributed by atoms with E-state index in [1.165, 1.54) is 0 Å². The molecular weight excluding hydrogens is 208 g/mol. The van der Waals surface area contributed by atoms with Gasteiger partial charge in [0.15, 0.2) is 0 Å². The van der Waals surface area contributed by atoms with Crippen LogP contribution in [0.15, 0.2) is 23.1 Å². The first-order valence-corrected chi connectivity index (χ1v) is 5.28. The van der Waals surface area contributed by atoms with E-state index >= 15 is 0 Å². The molecule has 1 rings (SSSR count). The van der Waals surface area contributed by atoms with Crippen LogP contribution >= 0.6 is 12.6 Å². The standard InChI is InChI=1S/C12H16O2S/c1-8-6-5-7-9(15)10(8)11(13)14-12(2,3)4/h5-7,15H,1-4H3. The molecule has 0 saturated heterocycles. The van der Waals surface area contributed by atoms with Crippen LogP contribution in [-0.4, -0.2) is 11.6 Å². The molecule has 0 amide bonds. The van der Waals surface area contributed by atoms with Crippen molar-refractivity contribution < 1.29 is 9.53 Å². The van der Waals surface area contributed by atoms with E-state index in [9.17, 15) is 4.79 Å². The molecule has 1 aromatic rings. The normalized spacial score (nSPS) is 11.3. The molecule has 0 aliphatic heterocycles. The van der Waals surface area contributed by atoms with Gasteiger partial charge in [0.25, 0.3) is 0 Å². The topological polar surface area (TPSA) is 26.3 Å². The summed E-state index contributed by atoms with van der Waals surface area (Å²) in [6.45, 7) is 7.42. The number of carbonyl (C=O) groups excluding carboxylic acids is 1. The van der Waals surface area contributed by atoms with Crippen LogP contribution in [-0.2, 0) is 4.74 Å².